The molecule has 17 heavy (non-hydrogen) atoms. The van der Waals surface area contributed by atoms with Crippen molar-refractivity contribution in [2.45, 2.75) is 20.3 Å². The van der Waals surface area contributed by atoms with Crippen LogP contribution in [0.3, 0.4) is 0 Å². The molecule has 1 rings (SSSR count). The van der Waals surface area contributed by atoms with Crippen LogP contribution in [0.2, 0.25) is 0 Å². The second-order valence-corrected chi connectivity index (χ2v) is 4.86. The quantitative estimate of drug-likeness (QED) is 0.825. The summed E-state index contributed by atoms with van der Waals surface area (Å²) < 4.78 is 3.63. The highest BCUT2D eigenvalue weighted by Crippen LogP contribution is 2.10. The molecule has 0 spiro atoms. The minimum Gasteiger partial charge on any atom is -0.481 e. The van der Waals surface area contributed by atoms with Gasteiger partial charge in [-0.1, -0.05) is 18.3 Å². The lowest BCUT2D eigenvalue weighted by atomic mass is 10.2. The summed E-state index contributed by atoms with van der Waals surface area (Å²) in [5.41, 5.74) is 0. The smallest absolute Gasteiger partial charge is 0.305 e. The maximum absolute atomic E-state index is 12.0. The van der Waals surface area contributed by atoms with Gasteiger partial charge in [0.1, 0.15) is 4.88 Å². The van der Waals surface area contributed by atoms with Crippen molar-refractivity contribution in [3.05, 3.63) is 11.1 Å². The fraction of sp³-hybridized carbons (Fsp3) is 0.600. The number of nitrogens with zero attached hydrogens (tertiary/aromatic N) is 3. The molecule has 0 aliphatic carbocycles. The summed E-state index contributed by atoms with van der Waals surface area (Å²) in [7, 11) is 0. The summed E-state index contributed by atoms with van der Waals surface area (Å²) in [5, 5.41) is 12.3. The maximum atomic E-state index is 12.0. The van der Waals surface area contributed by atoms with Crippen LogP contribution in [0.4, 0.5) is 0 Å². The van der Waals surface area contributed by atoms with E-state index in [1.807, 2.05) is 13.8 Å². The number of carbonyl (C=O) groups is 2. The third-order valence-electron chi connectivity index (χ3n) is 2.04. The standard InChI is InChI=1S/C10H15N3O3S/c1-7(2)6-13(4-3-9(14)15)10(16)8-5-11-12-17-8/h5,7H,3-4,6H2,1-2H3,(H,14,15). The van der Waals surface area contributed by atoms with E-state index in [0.717, 1.165) is 11.5 Å². The molecule has 0 saturated heterocycles. The van der Waals surface area contributed by atoms with E-state index in [2.05, 4.69) is 9.59 Å². The average molecular weight is 257 g/mol. The minimum absolute atomic E-state index is 0.0509. The van der Waals surface area contributed by atoms with Gasteiger partial charge in [-0.05, 0) is 17.5 Å². The highest BCUT2D eigenvalue weighted by molar-refractivity contribution is 7.07. The first kappa shape index (κ1) is 13.6. The van der Waals surface area contributed by atoms with E-state index in [-0.39, 0.29) is 24.8 Å². The molecule has 0 atom stereocenters. The first-order chi connectivity index (χ1) is 8.00. The molecule has 0 saturated carbocycles. The fourth-order valence-electron chi connectivity index (χ4n) is 1.36. The molecule has 6 nitrogen and oxygen atoms in total. The number of aromatic nitrogens is 2. The number of amides is 1. The van der Waals surface area contributed by atoms with Gasteiger partial charge in [0.25, 0.3) is 5.91 Å². The van der Waals surface area contributed by atoms with Crippen molar-refractivity contribution in [2.75, 3.05) is 13.1 Å². The van der Waals surface area contributed by atoms with Crippen molar-refractivity contribution in [3.63, 3.8) is 0 Å². The Bertz CT molecular complexity index is 378. The van der Waals surface area contributed by atoms with Crippen molar-refractivity contribution in [3.8, 4) is 0 Å². The first-order valence-corrected chi connectivity index (χ1v) is 6.06. The SMILES string of the molecule is CC(C)CN(CCC(=O)O)C(=O)c1cnns1. The number of carbonyl (C=O) groups excluding carboxylic acids is 1. The summed E-state index contributed by atoms with van der Waals surface area (Å²) in [4.78, 5) is 24.5. The lowest BCUT2D eigenvalue weighted by Crippen LogP contribution is -2.35. The van der Waals surface area contributed by atoms with Gasteiger partial charge in [-0.25, -0.2) is 0 Å². The Morgan fingerprint density at radius 2 is 2.24 bits per heavy atom. The van der Waals surface area contributed by atoms with Gasteiger partial charge < -0.3 is 10.0 Å². The Balaban J connectivity index is 2.68. The van der Waals surface area contributed by atoms with Gasteiger partial charge in [-0.3, -0.25) is 9.59 Å². The van der Waals surface area contributed by atoms with Crippen molar-refractivity contribution in [1.82, 2.24) is 14.5 Å². The van der Waals surface area contributed by atoms with E-state index in [1.54, 1.807) is 0 Å². The van der Waals surface area contributed by atoms with E-state index in [1.165, 1.54) is 11.1 Å². The molecule has 1 heterocycles. The highest BCUT2D eigenvalue weighted by atomic mass is 32.1. The summed E-state index contributed by atoms with van der Waals surface area (Å²) in [5.74, 6) is -0.822. The van der Waals surface area contributed by atoms with Gasteiger partial charge in [0.15, 0.2) is 0 Å². The zero-order valence-corrected chi connectivity index (χ0v) is 10.6. The summed E-state index contributed by atoms with van der Waals surface area (Å²) >= 11 is 1.02. The molecule has 7 heteroatoms. The fourth-order valence-corrected chi connectivity index (χ4v) is 1.85. The number of rotatable bonds is 6. The Hall–Kier alpha value is -1.50. The van der Waals surface area contributed by atoms with Gasteiger partial charge in [-0.2, -0.15) is 0 Å². The number of carboxylic acids is 1. The molecule has 1 aromatic heterocycles. The molecule has 1 aromatic rings. The van der Waals surface area contributed by atoms with E-state index >= 15 is 0 Å². The lowest BCUT2D eigenvalue weighted by Gasteiger charge is -2.22. The van der Waals surface area contributed by atoms with Crippen LogP contribution >= 0.6 is 11.5 Å². The number of hydrogen-bond acceptors (Lipinski definition) is 5. The Kier molecular flexibility index (Phi) is 5.02. The molecular weight excluding hydrogens is 242 g/mol. The molecule has 0 fully saturated rings. The third-order valence-corrected chi connectivity index (χ3v) is 2.69. The van der Waals surface area contributed by atoms with Crippen molar-refractivity contribution in [1.29, 1.82) is 0 Å². The van der Waals surface area contributed by atoms with Crippen LogP contribution in [0.15, 0.2) is 6.20 Å². The summed E-state index contributed by atoms with van der Waals surface area (Å²) in [6.45, 7) is 4.70. The molecule has 94 valence electrons. The van der Waals surface area contributed by atoms with Gasteiger partial charge in [0.2, 0.25) is 0 Å². The summed E-state index contributed by atoms with van der Waals surface area (Å²) in [6.07, 6.45) is 1.35. The molecule has 0 radical (unpaired) electrons. The van der Waals surface area contributed by atoms with E-state index in [9.17, 15) is 9.59 Å². The van der Waals surface area contributed by atoms with E-state index < -0.39 is 5.97 Å². The number of carboxylic acid groups (broad SMARTS) is 1. The van der Waals surface area contributed by atoms with Crippen LogP contribution in [-0.2, 0) is 4.79 Å². The molecular formula is C10H15N3O3S. The number of hydrogen-bond donors (Lipinski definition) is 1. The molecule has 1 N–H and O–H groups in total. The van der Waals surface area contributed by atoms with Crippen LogP contribution in [0.25, 0.3) is 0 Å². The highest BCUT2D eigenvalue weighted by Gasteiger charge is 2.19. The average Bonchev–Trinajstić information content (AvgIpc) is 2.75. The van der Waals surface area contributed by atoms with Gasteiger partial charge in [-0.15, -0.1) is 5.10 Å². The van der Waals surface area contributed by atoms with Crippen LogP contribution in [0, 0.1) is 5.92 Å². The Morgan fingerprint density at radius 1 is 1.53 bits per heavy atom. The van der Waals surface area contributed by atoms with Gasteiger partial charge in [0.05, 0.1) is 12.6 Å². The zero-order chi connectivity index (χ0) is 12.8. The van der Waals surface area contributed by atoms with Crippen LogP contribution in [0.1, 0.15) is 29.9 Å². The molecule has 0 unspecified atom stereocenters. The predicted octanol–water partition coefficient (Wildman–Crippen LogP) is 1.11. The van der Waals surface area contributed by atoms with Crippen molar-refractivity contribution in [2.24, 2.45) is 5.92 Å². The predicted molar refractivity (Wildman–Crippen MR) is 62.9 cm³/mol. The largest absolute Gasteiger partial charge is 0.481 e. The lowest BCUT2D eigenvalue weighted by molar-refractivity contribution is -0.137. The zero-order valence-electron chi connectivity index (χ0n) is 9.79. The van der Waals surface area contributed by atoms with Gasteiger partial charge in [0, 0.05) is 13.1 Å². The molecule has 0 bridgehead atoms. The monoisotopic (exact) mass is 257 g/mol. The van der Waals surface area contributed by atoms with Crippen molar-refractivity contribution < 1.29 is 14.7 Å². The Labute approximate surface area is 103 Å². The van der Waals surface area contributed by atoms with Crippen LogP contribution in [0.5, 0.6) is 0 Å². The second-order valence-electron chi connectivity index (χ2n) is 4.07. The first-order valence-electron chi connectivity index (χ1n) is 5.29. The second kappa shape index (κ2) is 6.29. The minimum atomic E-state index is -0.908. The molecule has 0 aromatic carbocycles. The third kappa shape index (κ3) is 4.48. The Morgan fingerprint density at radius 3 is 2.71 bits per heavy atom. The van der Waals surface area contributed by atoms with Gasteiger partial charge >= 0.3 is 5.97 Å². The summed E-state index contributed by atoms with van der Waals surface area (Å²) in [6, 6.07) is 0. The topological polar surface area (TPSA) is 83.4 Å². The van der Waals surface area contributed by atoms with Crippen LogP contribution < -0.4 is 0 Å². The maximum Gasteiger partial charge on any atom is 0.305 e. The van der Waals surface area contributed by atoms with E-state index in [4.69, 9.17) is 5.11 Å². The molecule has 1 amide bonds. The van der Waals surface area contributed by atoms with Crippen molar-refractivity contribution >= 4 is 23.4 Å². The van der Waals surface area contributed by atoms with E-state index in [0.29, 0.717) is 11.4 Å². The molecule has 0 aliphatic rings. The van der Waals surface area contributed by atoms with Crippen LogP contribution in [-0.4, -0.2) is 44.6 Å². The number of aliphatic carboxylic acids is 1. The normalized spacial score (nSPS) is 10.5. The molecule has 0 aliphatic heterocycles.